The van der Waals surface area contributed by atoms with E-state index in [-0.39, 0.29) is 22.9 Å². The van der Waals surface area contributed by atoms with E-state index in [4.69, 9.17) is 5.73 Å². The third-order valence-electron chi connectivity index (χ3n) is 3.16. The van der Waals surface area contributed by atoms with Gasteiger partial charge in [-0.1, -0.05) is 0 Å². The third-order valence-corrected chi connectivity index (χ3v) is 6.41. The molecule has 1 fully saturated rings. The average Bonchev–Trinajstić information content (AvgIpc) is 2.81. The summed E-state index contributed by atoms with van der Waals surface area (Å²) in [4.78, 5) is 0.111. The number of sulfonamides is 1. The molecule has 0 aliphatic carbocycles. The Bertz CT molecular complexity index is 676. The van der Waals surface area contributed by atoms with E-state index in [1.165, 1.54) is 12.3 Å². The van der Waals surface area contributed by atoms with Gasteiger partial charge in [0.25, 0.3) is 0 Å². The maximum atomic E-state index is 12.1. The third kappa shape index (κ3) is 3.16. The van der Waals surface area contributed by atoms with E-state index in [0.717, 1.165) is 0 Å². The van der Waals surface area contributed by atoms with Gasteiger partial charge in [0, 0.05) is 31.5 Å². The number of rotatable bonds is 4. The molecule has 3 N–H and O–H groups in total. The molecule has 0 saturated carbocycles. The molecule has 0 amide bonds. The van der Waals surface area contributed by atoms with Gasteiger partial charge in [-0.3, -0.25) is 0 Å². The fourth-order valence-electron chi connectivity index (χ4n) is 2.10. The van der Waals surface area contributed by atoms with Gasteiger partial charge in [-0.25, -0.2) is 21.6 Å². The summed E-state index contributed by atoms with van der Waals surface area (Å²) in [6, 6.07) is 0.947. The molecule has 1 aliphatic rings. The van der Waals surface area contributed by atoms with E-state index >= 15 is 0 Å². The maximum absolute atomic E-state index is 12.1. The molecule has 1 saturated heterocycles. The Balaban J connectivity index is 2.19. The average molecular weight is 307 g/mol. The van der Waals surface area contributed by atoms with Crippen LogP contribution in [0.4, 0.5) is 0 Å². The van der Waals surface area contributed by atoms with Gasteiger partial charge in [-0.2, -0.15) is 0 Å². The first-order chi connectivity index (χ1) is 8.73. The van der Waals surface area contributed by atoms with Gasteiger partial charge < -0.3 is 10.3 Å². The smallest absolute Gasteiger partial charge is 0.242 e. The lowest BCUT2D eigenvalue weighted by Gasteiger charge is -2.09. The summed E-state index contributed by atoms with van der Waals surface area (Å²) >= 11 is 0. The molecule has 1 aromatic rings. The number of sulfone groups is 1. The zero-order chi connectivity index (χ0) is 14.3. The Morgan fingerprint density at radius 3 is 2.68 bits per heavy atom. The molecule has 9 heteroatoms. The Morgan fingerprint density at radius 2 is 2.21 bits per heavy atom. The molecule has 0 bridgehead atoms. The number of aromatic nitrogens is 1. The molecule has 0 aromatic carbocycles. The lowest BCUT2D eigenvalue weighted by Crippen LogP contribution is -2.35. The predicted molar refractivity (Wildman–Crippen MR) is 70.7 cm³/mol. The molecular formula is C10H17N3O4S2. The summed E-state index contributed by atoms with van der Waals surface area (Å²) in [5.41, 5.74) is 6.18. The second-order valence-electron chi connectivity index (χ2n) is 4.70. The van der Waals surface area contributed by atoms with Gasteiger partial charge in [0.1, 0.15) is 0 Å². The molecule has 108 valence electrons. The minimum absolute atomic E-state index is 0.0308. The molecule has 1 aromatic heterocycles. The van der Waals surface area contributed by atoms with Crippen LogP contribution in [0, 0.1) is 0 Å². The van der Waals surface area contributed by atoms with Crippen LogP contribution in [-0.2, 0) is 33.5 Å². The van der Waals surface area contributed by atoms with Crippen LogP contribution >= 0.6 is 0 Å². The number of hydrogen-bond acceptors (Lipinski definition) is 5. The van der Waals surface area contributed by atoms with Crippen molar-refractivity contribution >= 4 is 19.9 Å². The first-order valence-electron chi connectivity index (χ1n) is 5.81. The normalized spacial score (nSPS) is 22.7. The summed E-state index contributed by atoms with van der Waals surface area (Å²) in [5.74, 6) is -0.105. The molecule has 2 heterocycles. The second-order valence-corrected chi connectivity index (χ2v) is 8.65. The van der Waals surface area contributed by atoms with Crippen LogP contribution in [0.1, 0.15) is 12.1 Å². The van der Waals surface area contributed by atoms with Crippen LogP contribution in [0.15, 0.2) is 17.2 Å². The molecule has 2 rings (SSSR count). The lowest BCUT2D eigenvalue weighted by atomic mass is 10.3. The van der Waals surface area contributed by atoms with Crippen molar-refractivity contribution < 1.29 is 16.8 Å². The Kier molecular flexibility index (Phi) is 3.74. The number of nitrogens with zero attached hydrogens (tertiary/aromatic N) is 1. The largest absolute Gasteiger partial charge is 0.352 e. The standard InChI is InChI=1S/C10H17N3O4S2/c1-13-6-10(4-9(13)5-11)19(16,17)12-8-2-3-18(14,15)7-8/h4,6,8,12H,2-3,5,7,11H2,1H3. The molecule has 7 nitrogen and oxygen atoms in total. The van der Waals surface area contributed by atoms with Gasteiger partial charge >= 0.3 is 0 Å². The molecule has 1 atom stereocenters. The monoisotopic (exact) mass is 307 g/mol. The minimum Gasteiger partial charge on any atom is -0.352 e. The number of nitrogens with one attached hydrogen (secondary N) is 1. The van der Waals surface area contributed by atoms with Gasteiger partial charge in [0.15, 0.2) is 9.84 Å². The SMILES string of the molecule is Cn1cc(S(=O)(=O)NC2CCS(=O)(=O)C2)cc1CN. The fraction of sp³-hybridized carbons (Fsp3) is 0.600. The van der Waals surface area contributed by atoms with Crippen molar-refractivity contribution in [2.24, 2.45) is 12.8 Å². The predicted octanol–water partition coefficient (Wildman–Crippen LogP) is -1.05. The van der Waals surface area contributed by atoms with E-state index in [1.54, 1.807) is 11.6 Å². The van der Waals surface area contributed by atoms with E-state index in [0.29, 0.717) is 12.1 Å². The number of aryl methyl sites for hydroxylation is 1. The minimum atomic E-state index is -3.70. The van der Waals surface area contributed by atoms with E-state index in [1.807, 2.05) is 0 Å². The molecule has 1 aliphatic heterocycles. The highest BCUT2D eigenvalue weighted by Gasteiger charge is 2.31. The molecule has 0 spiro atoms. The van der Waals surface area contributed by atoms with Crippen molar-refractivity contribution in [3.05, 3.63) is 18.0 Å². The zero-order valence-electron chi connectivity index (χ0n) is 10.5. The van der Waals surface area contributed by atoms with Gasteiger partial charge in [0.05, 0.1) is 16.4 Å². The van der Waals surface area contributed by atoms with Crippen molar-refractivity contribution in [2.75, 3.05) is 11.5 Å². The van der Waals surface area contributed by atoms with E-state index in [9.17, 15) is 16.8 Å². The fourth-order valence-corrected chi connectivity index (χ4v) is 5.25. The number of nitrogens with two attached hydrogens (primary N) is 1. The van der Waals surface area contributed by atoms with E-state index in [2.05, 4.69) is 4.72 Å². The van der Waals surface area contributed by atoms with Gasteiger partial charge in [0.2, 0.25) is 10.0 Å². The zero-order valence-corrected chi connectivity index (χ0v) is 12.2. The topological polar surface area (TPSA) is 111 Å². The van der Waals surface area contributed by atoms with Gasteiger partial charge in [-0.05, 0) is 12.5 Å². The second kappa shape index (κ2) is 4.89. The van der Waals surface area contributed by atoms with Crippen LogP contribution in [0.2, 0.25) is 0 Å². The molecular weight excluding hydrogens is 290 g/mol. The molecule has 0 radical (unpaired) electrons. The highest BCUT2D eigenvalue weighted by Crippen LogP contribution is 2.17. The summed E-state index contributed by atoms with van der Waals surface area (Å²) in [6.45, 7) is 0.240. The molecule has 19 heavy (non-hydrogen) atoms. The Labute approximate surface area is 112 Å². The number of hydrogen-bond donors (Lipinski definition) is 2. The van der Waals surface area contributed by atoms with Crippen LogP contribution < -0.4 is 10.5 Å². The van der Waals surface area contributed by atoms with Crippen molar-refractivity contribution in [1.82, 2.24) is 9.29 Å². The van der Waals surface area contributed by atoms with Gasteiger partial charge in [-0.15, -0.1) is 0 Å². The molecule has 1 unspecified atom stereocenters. The van der Waals surface area contributed by atoms with E-state index < -0.39 is 25.9 Å². The van der Waals surface area contributed by atoms with Crippen LogP contribution in [0.3, 0.4) is 0 Å². The first kappa shape index (κ1) is 14.5. The maximum Gasteiger partial charge on any atom is 0.242 e. The van der Waals surface area contributed by atoms with Crippen molar-refractivity contribution in [1.29, 1.82) is 0 Å². The Hall–Kier alpha value is -0.900. The quantitative estimate of drug-likeness (QED) is 0.737. The summed E-state index contributed by atoms with van der Waals surface area (Å²) < 4.78 is 50.9. The highest BCUT2D eigenvalue weighted by molar-refractivity contribution is 7.92. The van der Waals surface area contributed by atoms with Crippen LogP contribution in [0.5, 0.6) is 0 Å². The summed E-state index contributed by atoms with van der Waals surface area (Å²) in [7, 11) is -5.10. The van der Waals surface area contributed by atoms with Crippen LogP contribution in [0.25, 0.3) is 0 Å². The first-order valence-corrected chi connectivity index (χ1v) is 9.12. The highest BCUT2D eigenvalue weighted by atomic mass is 32.2. The summed E-state index contributed by atoms with van der Waals surface area (Å²) in [6.07, 6.45) is 1.78. The lowest BCUT2D eigenvalue weighted by molar-refractivity contribution is 0.562. The van der Waals surface area contributed by atoms with Crippen LogP contribution in [-0.4, -0.2) is 39.0 Å². The van der Waals surface area contributed by atoms with Crippen molar-refractivity contribution in [2.45, 2.75) is 23.9 Å². The van der Waals surface area contributed by atoms with Crippen molar-refractivity contribution in [3.8, 4) is 0 Å². The summed E-state index contributed by atoms with van der Waals surface area (Å²) in [5, 5.41) is 0. The Morgan fingerprint density at radius 1 is 1.53 bits per heavy atom. The van der Waals surface area contributed by atoms with Crippen molar-refractivity contribution in [3.63, 3.8) is 0 Å².